The molecule has 2 N–H and O–H groups in total. The number of ether oxygens (including phenoxy) is 1. The number of benzene rings is 1. The van der Waals surface area contributed by atoms with E-state index in [1.54, 1.807) is 7.11 Å². The second-order valence-corrected chi connectivity index (χ2v) is 6.67. The third kappa shape index (κ3) is 3.70. The van der Waals surface area contributed by atoms with Gasteiger partial charge in [-0.1, -0.05) is 32.8 Å². The Morgan fingerprint density at radius 2 is 1.90 bits per heavy atom. The van der Waals surface area contributed by atoms with E-state index in [2.05, 4.69) is 30.9 Å². The summed E-state index contributed by atoms with van der Waals surface area (Å²) < 4.78 is 5.56. The van der Waals surface area contributed by atoms with Crippen molar-refractivity contribution >= 4 is 5.69 Å². The second-order valence-electron chi connectivity index (χ2n) is 6.67. The Morgan fingerprint density at radius 3 is 2.43 bits per heavy atom. The van der Waals surface area contributed by atoms with Crippen molar-refractivity contribution < 1.29 is 4.74 Å². The Hall–Kier alpha value is -1.22. The lowest BCUT2D eigenvalue weighted by Gasteiger charge is -2.35. The van der Waals surface area contributed by atoms with Gasteiger partial charge in [-0.3, -0.25) is 0 Å². The Balaban J connectivity index is 2.42. The van der Waals surface area contributed by atoms with Crippen LogP contribution in [0.4, 0.5) is 5.69 Å². The predicted octanol–water partition coefficient (Wildman–Crippen LogP) is 4.12. The number of hydrogen-bond acceptors (Lipinski definition) is 3. The molecule has 0 bridgehead atoms. The largest absolute Gasteiger partial charge is 0.496 e. The van der Waals surface area contributed by atoms with Crippen LogP contribution in [0.1, 0.15) is 58.1 Å². The van der Waals surface area contributed by atoms with Crippen LogP contribution < -0.4 is 15.4 Å². The molecule has 0 radical (unpaired) electrons. The standard InChI is InChI=1S/C18H30N2O/c1-13(2)12-20(15-8-5-6-9-15)16-10-7-11-17(21-4)18(16)14(3)19/h7,10-11,13-15H,5-6,8-9,12,19H2,1-4H3/t14-/m0/s1. The summed E-state index contributed by atoms with van der Waals surface area (Å²) >= 11 is 0. The van der Waals surface area contributed by atoms with Crippen LogP contribution >= 0.6 is 0 Å². The lowest BCUT2D eigenvalue weighted by atomic mass is 10.0. The van der Waals surface area contributed by atoms with Crippen molar-refractivity contribution in [3.05, 3.63) is 23.8 Å². The van der Waals surface area contributed by atoms with Gasteiger partial charge >= 0.3 is 0 Å². The smallest absolute Gasteiger partial charge is 0.125 e. The molecule has 0 heterocycles. The van der Waals surface area contributed by atoms with E-state index in [-0.39, 0.29) is 6.04 Å². The Labute approximate surface area is 129 Å². The Bertz CT molecular complexity index is 451. The van der Waals surface area contributed by atoms with Crippen molar-refractivity contribution in [3.63, 3.8) is 0 Å². The second kappa shape index (κ2) is 7.17. The molecule has 1 saturated carbocycles. The average Bonchev–Trinajstić information content (AvgIpc) is 2.97. The van der Waals surface area contributed by atoms with Crippen LogP contribution in [-0.4, -0.2) is 19.7 Å². The van der Waals surface area contributed by atoms with Crippen molar-refractivity contribution in [3.8, 4) is 5.75 Å². The summed E-state index contributed by atoms with van der Waals surface area (Å²) in [5, 5.41) is 0. The lowest BCUT2D eigenvalue weighted by molar-refractivity contribution is 0.406. The number of hydrogen-bond donors (Lipinski definition) is 1. The molecular weight excluding hydrogens is 260 g/mol. The zero-order valence-electron chi connectivity index (χ0n) is 13.9. The van der Waals surface area contributed by atoms with Crippen molar-refractivity contribution in [2.24, 2.45) is 11.7 Å². The van der Waals surface area contributed by atoms with Gasteiger partial charge in [-0.25, -0.2) is 0 Å². The van der Waals surface area contributed by atoms with E-state index < -0.39 is 0 Å². The quantitative estimate of drug-likeness (QED) is 0.856. The highest BCUT2D eigenvalue weighted by molar-refractivity contribution is 5.61. The molecule has 118 valence electrons. The molecule has 1 aromatic carbocycles. The van der Waals surface area contributed by atoms with Crippen molar-refractivity contribution in [1.82, 2.24) is 0 Å². The molecule has 1 fully saturated rings. The minimum absolute atomic E-state index is 0.0211. The highest BCUT2D eigenvalue weighted by atomic mass is 16.5. The van der Waals surface area contributed by atoms with Gasteiger partial charge in [0.15, 0.2) is 0 Å². The van der Waals surface area contributed by atoms with Gasteiger partial charge in [0.2, 0.25) is 0 Å². The van der Waals surface area contributed by atoms with Crippen LogP contribution in [0.3, 0.4) is 0 Å². The third-order valence-corrected chi connectivity index (χ3v) is 4.36. The van der Waals surface area contributed by atoms with E-state index in [0.29, 0.717) is 12.0 Å². The monoisotopic (exact) mass is 290 g/mol. The van der Waals surface area contributed by atoms with Gasteiger partial charge in [-0.2, -0.15) is 0 Å². The fraction of sp³-hybridized carbons (Fsp3) is 0.667. The van der Waals surface area contributed by atoms with E-state index in [1.165, 1.54) is 31.4 Å². The van der Waals surface area contributed by atoms with Crippen LogP contribution in [0.15, 0.2) is 18.2 Å². The van der Waals surface area contributed by atoms with E-state index in [9.17, 15) is 0 Å². The summed E-state index contributed by atoms with van der Waals surface area (Å²) in [6.45, 7) is 7.70. The first-order valence-electron chi connectivity index (χ1n) is 8.23. The number of rotatable bonds is 6. The van der Waals surface area contributed by atoms with E-state index in [1.807, 2.05) is 13.0 Å². The molecule has 3 nitrogen and oxygen atoms in total. The van der Waals surface area contributed by atoms with E-state index >= 15 is 0 Å². The van der Waals surface area contributed by atoms with Crippen LogP contribution in [0, 0.1) is 5.92 Å². The van der Waals surface area contributed by atoms with Crippen molar-refractivity contribution in [1.29, 1.82) is 0 Å². The molecule has 1 atom stereocenters. The SMILES string of the molecule is COc1cccc(N(CC(C)C)C2CCCC2)c1[C@H](C)N. The topological polar surface area (TPSA) is 38.5 Å². The molecule has 0 aromatic heterocycles. The van der Waals surface area contributed by atoms with Crippen molar-refractivity contribution in [2.45, 2.75) is 58.5 Å². The normalized spacial score (nSPS) is 17.2. The van der Waals surface area contributed by atoms with Gasteiger partial charge in [-0.05, 0) is 37.8 Å². The number of nitrogens with two attached hydrogens (primary N) is 1. The van der Waals surface area contributed by atoms with E-state index in [0.717, 1.165) is 17.9 Å². The first-order chi connectivity index (χ1) is 10.0. The number of anilines is 1. The molecular formula is C18H30N2O. The minimum Gasteiger partial charge on any atom is -0.496 e. The maximum atomic E-state index is 6.25. The Morgan fingerprint density at radius 1 is 1.24 bits per heavy atom. The average molecular weight is 290 g/mol. The predicted molar refractivity (Wildman–Crippen MR) is 90.0 cm³/mol. The summed E-state index contributed by atoms with van der Waals surface area (Å²) in [6, 6.07) is 6.94. The molecule has 0 saturated heterocycles. The molecule has 21 heavy (non-hydrogen) atoms. The molecule has 3 heteroatoms. The number of nitrogens with zero attached hydrogens (tertiary/aromatic N) is 1. The van der Waals surface area contributed by atoms with Crippen LogP contribution in [0.25, 0.3) is 0 Å². The molecule has 2 rings (SSSR count). The van der Waals surface area contributed by atoms with Gasteiger partial charge in [0.05, 0.1) is 7.11 Å². The summed E-state index contributed by atoms with van der Waals surface area (Å²) in [7, 11) is 1.73. The van der Waals surface area contributed by atoms with Gasteiger partial charge in [0.1, 0.15) is 5.75 Å². The molecule has 0 aliphatic heterocycles. The van der Waals surface area contributed by atoms with Crippen LogP contribution in [0.5, 0.6) is 5.75 Å². The zero-order valence-corrected chi connectivity index (χ0v) is 13.9. The van der Waals surface area contributed by atoms with Crippen LogP contribution in [0.2, 0.25) is 0 Å². The summed E-state index contributed by atoms with van der Waals surface area (Å²) in [4.78, 5) is 2.58. The summed E-state index contributed by atoms with van der Waals surface area (Å²) in [5.74, 6) is 1.55. The first kappa shape index (κ1) is 16.2. The highest BCUT2D eigenvalue weighted by Gasteiger charge is 2.27. The number of methoxy groups -OCH3 is 1. The van der Waals surface area contributed by atoms with Gasteiger partial charge < -0.3 is 15.4 Å². The molecule has 1 aromatic rings. The molecule has 0 spiro atoms. The van der Waals surface area contributed by atoms with Gasteiger partial charge in [-0.15, -0.1) is 0 Å². The molecule has 1 aliphatic rings. The van der Waals surface area contributed by atoms with E-state index in [4.69, 9.17) is 10.5 Å². The maximum Gasteiger partial charge on any atom is 0.125 e. The summed E-state index contributed by atoms with van der Waals surface area (Å²) in [5.41, 5.74) is 8.67. The molecule has 0 unspecified atom stereocenters. The Kier molecular flexibility index (Phi) is 5.51. The lowest BCUT2D eigenvalue weighted by Crippen LogP contribution is -2.37. The fourth-order valence-corrected chi connectivity index (χ4v) is 3.47. The first-order valence-corrected chi connectivity index (χ1v) is 8.23. The van der Waals surface area contributed by atoms with Crippen LogP contribution in [-0.2, 0) is 0 Å². The maximum absolute atomic E-state index is 6.25. The van der Waals surface area contributed by atoms with Gasteiger partial charge in [0.25, 0.3) is 0 Å². The zero-order chi connectivity index (χ0) is 15.4. The van der Waals surface area contributed by atoms with Gasteiger partial charge in [0, 0.05) is 29.9 Å². The molecule has 1 aliphatic carbocycles. The minimum atomic E-state index is -0.0211. The third-order valence-electron chi connectivity index (χ3n) is 4.36. The van der Waals surface area contributed by atoms with Crippen molar-refractivity contribution in [2.75, 3.05) is 18.6 Å². The molecule has 0 amide bonds. The highest BCUT2D eigenvalue weighted by Crippen LogP contribution is 2.37. The summed E-state index contributed by atoms with van der Waals surface area (Å²) in [6.07, 6.45) is 5.28. The fourth-order valence-electron chi connectivity index (χ4n) is 3.47.